The summed E-state index contributed by atoms with van der Waals surface area (Å²) in [6.45, 7) is 3.63. The molecule has 0 spiro atoms. The molecule has 1 saturated carbocycles. The van der Waals surface area contributed by atoms with Crippen LogP contribution in [0, 0.1) is 23.6 Å². The van der Waals surface area contributed by atoms with E-state index in [-0.39, 0.29) is 0 Å². The zero-order valence-electron chi connectivity index (χ0n) is 20.9. The van der Waals surface area contributed by atoms with Crippen LogP contribution in [-0.4, -0.2) is 12.5 Å². The second kappa shape index (κ2) is 12.4. The topological polar surface area (TPSA) is 43.4 Å². The lowest BCUT2D eigenvalue weighted by Crippen LogP contribution is -2.29. The number of carboxylic acids is 1. The van der Waals surface area contributed by atoms with Crippen molar-refractivity contribution in [1.82, 2.24) is 0 Å². The van der Waals surface area contributed by atoms with Crippen LogP contribution < -0.4 is 10.0 Å². The van der Waals surface area contributed by atoms with Gasteiger partial charge in [0.15, 0.2) is 0 Å². The van der Waals surface area contributed by atoms with Crippen LogP contribution in [0.15, 0.2) is 66.7 Å². The molecular formula is C32H33FNO2-. The Morgan fingerprint density at radius 2 is 1.56 bits per heavy atom. The van der Waals surface area contributed by atoms with Crippen LogP contribution in [0.4, 0.5) is 10.1 Å². The van der Waals surface area contributed by atoms with Crippen LogP contribution in [0.25, 0.3) is 0 Å². The summed E-state index contributed by atoms with van der Waals surface area (Å²) in [5, 5.41) is 11.4. The SMILES string of the molecule is CCCCc1ccc(C#Cc2ccc(CN(CC3CCCC3)c3ccc(F)c(C(=O)[O-])c3)cc2)cc1. The fourth-order valence-corrected chi connectivity index (χ4v) is 4.83. The van der Waals surface area contributed by atoms with Crippen molar-refractivity contribution in [2.75, 3.05) is 11.4 Å². The highest BCUT2D eigenvalue weighted by atomic mass is 19.1. The van der Waals surface area contributed by atoms with Crippen LogP contribution in [0.1, 0.15) is 78.1 Å². The van der Waals surface area contributed by atoms with Gasteiger partial charge in [0, 0.05) is 35.5 Å². The maximum absolute atomic E-state index is 14.0. The Hall–Kier alpha value is -3.58. The minimum atomic E-state index is -1.49. The molecule has 0 aliphatic heterocycles. The van der Waals surface area contributed by atoms with E-state index >= 15 is 0 Å². The van der Waals surface area contributed by atoms with Crippen LogP contribution in [0.2, 0.25) is 0 Å². The highest BCUT2D eigenvalue weighted by molar-refractivity contribution is 5.87. The number of aryl methyl sites for hydroxylation is 1. The number of nitrogens with zero attached hydrogens (tertiary/aromatic N) is 1. The highest BCUT2D eigenvalue weighted by Gasteiger charge is 2.20. The summed E-state index contributed by atoms with van der Waals surface area (Å²) in [5.74, 6) is 4.78. The van der Waals surface area contributed by atoms with E-state index in [2.05, 4.69) is 60.1 Å². The average Bonchev–Trinajstić information content (AvgIpc) is 3.40. The first-order chi connectivity index (χ1) is 17.5. The zero-order valence-corrected chi connectivity index (χ0v) is 20.9. The molecule has 0 aromatic heterocycles. The first-order valence-corrected chi connectivity index (χ1v) is 13.0. The molecule has 0 radical (unpaired) electrons. The van der Waals surface area contributed by atoms with E-state index in [0.717, 1.165) is 29.7 Å². The second-order valence-electron chi connectivity index (χ2n) is 9.73. The van der Waals surface area contributed by atoms with E-state index in [9.17, 15) is 14.3 Å². The molecule has 3 nitrogen and oxygen atoms in total. The molecule has 0 saturated heterocycles. The van der Waals surface area contributed by atoms with E-state index in [0.29, 0.717) is 18.2 Å². The summed E-state index contributed by atoms with van der Waals surface area (Å²) in [6, 6.07) is 20.9. The molecular weight excluding hydrogens is 449 g/mol. The summed E-state index contributed by atoms with van der Waals surface area (Å²) in [7, 11) is 0. The Morgan fingerprint density at radius 1 is 0.944 bits per heavy atom. The summed E-state index contributed by atoms with van der Waals surface area (Å²) < 4.78 is 14.0. The maximum Gasteiger partial charge on any atom is 0.132 e. The number of halogens is 1. The van der Waals surface area contributed by atoms with Crippen molar-refractivity contribution in [2.24, 2.45) is 5.92 Å². The van der Waals surface area contributed by atoms with E-state index in [1.165, 1.54) is 56.2 Å². The number of anilines is 1. The normalized spacial score (nSPS) is 13.3. The molecule has 1 aliphatic rings. The van der Waals surface area contributed by atoms with Gasteiger partial charge in [0.2, 0.25) is 0 Å². The van der Waals surface area contributed by atoms with Crippen molar-refractivity contribution < 1.29 is 14.3 Å². The number of aromatic carboxylic acids is 1. The number of rotatable bonds is 9. The number of benzene rings is 3. The van der Waals surface area contributed by atoms with Gasteiger partial charge in [-0.1, -0.05) is 62.3 Å². The Morgan fingerprint density at radius 3 is 2.14 bits per heavy atom. The van der Waals surface area contributed by atoms with Gasteiger partial charge in [-0.05, 0) is 85.2 Å². The molecule has 0 heterocycles. The molecule has 4 heteroatoms. The molecule has 0 bridgehead atoms. The molecule has 0 atom stereocenters. The Bertz CT molecular complexity index is 1220. The lowest BCUT2D eigenvalue weighted by atomic mass is 10.0. The van der Waals surface area contributed by atoms with Crippen molar-refractivity contribution in [3.8, 4) is 11.8 Å². The van der Waals surface area contributed by atoms with Gasteiger partial charge in [0.05, 0.1) is 5.97 Å². The number of carboxylic acid groups (broad SMARTS) is 1. The van der Waals surface area contributed by atoms with Gasteiger partial charge in [0.1, 0.15) is 5.82 Å². The standard InChI is InChI=1S/C32H34FNO2/c1-2-3-6-24-9-11-25(12-10-24)13-14-26-15-17-28(18-16-26)23-34(22-27-7-4-5-8-27)29-19-20-31(33)30(21-29)32(35)36/h9-12,15-21,27H,2-8,22-23H2,1H3,(H,35,36)/p-1. The molecule has 1 fully saturated rings. The molecule has 4 rings (SSSR count). The third-order valence-corrected chi connectivity index (χ3v) is 6.94. The average molecular weight is 483 g/mol. The Balaban J connectivity index is 1.47. The molecule has 3 aromatic carbocycles. The molecule has 0 N–H and O–H groups in total. The van der Waals surface area contributed by atoms with Crippen LogP contribution in [0.5, 0.6) is 0 Å². The molecule has 1 aliphatic carbocycles. The second-order valence-corrected chi connectivity index (χ2v) is 9.73. The van der Waals surface area contributed by atoms with Gasteiger partial charge in [-0.15, -0.1) is 0 Å². The molecule has 3 aromatic rings. The first-order valence-electron chi connectivity index (χ1n) is 13.0. The lowest BCUT2D eigenvalue weighted by Gasteiger charge is -2.28. The lowest BCUT2D eigenvalue weighted by molar-refractivity contribution is -0.255. The minimum Gasteiger partial charge on any atom is -0.545 e. The maximum atomic E-state index is 14.0. The summed E-state index contributed by atoms with van der Waals surface area (Å²) in [4.78, 5) is 13.5. The molecule has 186 valence electrons. The summed E-state index contributed by atoms with van der Waals surface area (Å²) in [6.07, 6.45) is 8.28. The molecule has 0 amide bonds. The quantitative estimate of drug-likeness (QED) is 0.345. The smallest absolute Gasteiger partial charge is 0.132 e. The third-order valence-electron chi connectivity index (χ3n) is 6.94. The minimum absolute atomic E-state index is 0.395. The van der Waals surface area contributed by atoms with E-state index in [1.807, 2.05) is 12.1 Å². The van der Waals surface area contributed by atoms with Crippen LogP contribution in [-0.2, 0) is 13.0 Å². The summed E-state index contributed by atoms with van der Waals surface area (Å²) >= 11 is 0. The van der Waals surface area contributed by atoms with Gasteiger partial charge < -0.3 is 14.8 Å². The predicted molar refractivity (Wildman–Crippen MR) is 141 cm³/mol. The molecule has 0 unspecified atom stereocenters. The van der Waals surface area contributed by atoms with Crippen molar-refractivity contribution in [3.63, 3.8) is 0 Å². The number of carbonyl (C=O) groups is 1. The Labute approximate surface area is 214 Å². The van der Waals surface area contributed by atoms with E-state index < -0.39 is 17.3 Å². The highest BCUT2D eigenvalue weighted by Crippen LogP contribution is 2.29. The summed E-state index contributed by atoms with van der Waals surface area (Å²) in [5.41, 5.74) is 4.70. The van der Waals surface area contributed by atoms with Gasteiger partial charge >= 0.3 is 0 Å². The number of carbonyl (C=O) groups excluding carboxylic acids is 1. The van der Waals surface area contributed by atoms with Crippen molar-refractivity contribution in [3.05, 3.63) is 100 Å². The fraction of sp³-hybridized carbons (Fsp3) is 0.344. The van der Waals surface area contributed by atoms with Crippen molar-refractivity contribution in [1.29, 1.82) is 0 Å². The predicted octanol–water partition coefficient (Wildman–Crippen LogP) is 6.13. The van der Waals surface area contributed by atoms with E-state index in [1.54, 1.807) is 6.07 Å². The van der Waals surface area contributed by atoms with Gasteiger partial charge in [-0.2, -0.15) is 0 Å². The van der Waals surface area contributed by atoms with Gasteiger partial charge in [-0.25, -0.2) is 4.39 Å². The third kappa shape index (κ3) is 6.98. The van der Waals surface area contributed by atoms with Gasteiger partial charge in [0.25, 0.3) is 0 Å². The first kappa shape index (κ1) is 25.5. The Kier molecular flexibility index (Phi) is 8.79. The van der Waals surface area contributed by atoms with Crippen LogP contribution >= 0.6 is 0 Å². The fourth-order valence-electron chi connectivity index (χ4n) is 4.83. The number of hydrogen-bond donors (Lipinski definition) is 0. The number of hydrogen-bond acceptors (Lipinski definition) is 3. The van der Waals surface area contributed by atoms with Crippen molar-refractivity contribution in [2.45, 2.75) is 58.4 Å². The molecule has 36 heavy (non-hydrogen) atoms. The van der Waals surface area contributed by atoms with E-state index in [4.69, 9.17) is 0 Å². The largest absolute Gasteiger partial charge is 0.545 e. The van der Waals surface area contributed by atoms with Crippen LogP contribution in [0.3, 0.4) is 0 Å². The van der Waals surface area contributed by atoms with Crippen molar-refractivity contribution >= 4 is 11.7 Å². The number of unbranched alkanes of at least 4 members (excludes halogenated alkanes) is 1. The van der Waals surface area contributed by atoms with Gasteiger partial charge in [-0.3, -0.25) is 0 Å². The monoisotopic (exact) mass is 482 g/mol. The zero-order chi connectivity index (χ0) is 25.3.